The van der Waals surface area contributed by atoms with Gasteiger partial charge in [-0.1, -0.05) is 19.9 Å². The Kier molecular flexibility index (Phi) is 4.41. The normalized spacial score (nSPS) is 28.6. The number of carbonyl (C=O) groups excluding carboxylic acids is 2. The van der Waals surface area contributed by atoms with Gasteiger partial charge in [-0.3, -0.25) is 9.59 Å². The molecular formula is C20H27NO5. The van der Waals surface area contributed by atoms with Crippen molar-refractivity contribution in [3.8, 4) is 11.5 Å². The Bertz CT molecular complexity index is 744. The predicted octanol–water partition coefficient (Wildman–Crippen LogP) is 2.48. The lowest BCUT2D eigenvalue weighted by Crippen LogP contribution is -2.53. The van der Waals surface area contributed by atoms with E-state index in [2.05, 4.69) is 5.32 Å². The minimum absolute atomic E-state index is 0.197. The second-order valence-corrected chi connectivity index (χ2v) is 7.87. The summed E-state index contributed by atoms with van der Waals surface area (Å²) < 4.78 is 16.1. The summed E-state index contributed by atoms with van der Waals surface area (Å²) in [4.78, 5) is 25.2. The van der Waals surface area contributed by atoms with Crippen molar-refractivity contribution >= 4 is 11.9 Å². The highest BCUT2D eigenvalue weighted by molar-refractivity contribution is 5.96. The number of hydrogen-bond acceptors (Lipinski definition) is 5. The van der Waals surface area contributed by atoms with Crippen LogP contribution in [0.4, 0.5) is 0 Å². The molecule has 0 unspecified atom stereocenters. The molecule has 0 aromatic heterocycles. The Morgan fingerprint density at radius 3 is 2.38 bits per heavy atom. The first-order valence-corrected chi connectivity index (χ1v) is 8.94. The molecule has 1 saturated carbocycles. The number of amides is 1. The quantitative estimate of drug-likeness (QED) is 0.788. The number of ether oxygens (including phenoxy) is 3. The van der Waals surface area contributed by atoms with E-state index in [1.165, 1.54) is 0 Å². The van der Waals surface area contributed by atoms with Gasteiger partial charge in [-0.05, 0) is 43.9 Å². The smallest absolute Gasteiger partial charge is 0.313 e. The summed E-state index contributed by atoms with van der Waals surface area (Å²) >= 11 is 0. The van der Waals surface area contributed by atoms with E-state index in [1.807, 2.05) is 39.0 Å². The highest BCUT2D eigenvalue weighted by Gasteiger charge is 2.75. The summed E-state index contributed by atoms with van der Waals surface area (Å²) in [6.45, 7) is 6.28. The highest BCUT2D eigenvalue weighted by Crippen LogP contribution is 2.65. The van der Waals surface area contributed by atoms with Gasteiger partial charge < -0.3 is 19.5 Å². The molecule has 1 aliphatic carbocycles. The Balaban J connectivity index is 1.66. The Morgan fingerprint density at radius 1 is 1.15 bits per heavy atom. The fourth-order valence-electron chi connectivity index (χ4n) is 4.25. The molecule has 1 N–H and O–H groups in total. The van der Waals surface area contributed by atoms with Gasteiger partial charge in [-0.25, -0.2) is 0 Å². The monoisotopic (exact) mass is 361 g/mol. The van der Waals surface area contributed by atoms with Crippen molar-refractivity contribution in [2.75, 3.05) is 20.8 Å². The van der Waals surface area contributed by atoms with Gasteiger partial charge in [0.2, 0.25) is 0 Å². The molecule has 1 amide bonds. The maximum Gasteiger partial charge on any atom is 0.313 e. The molecular weight excluding hydrogens is 334 g/mol. The van der Waals surface area contributed by atoms with Crippen LogP contribution < -0.4 is 14.8 Å². The van der Waals surface area contributed by atoms with Crippen molar-refractivity contribution in [2.45, 2.75) is 45.6 Å². The van der Waals surface area contributed by atoms with E-state index in [4.69, 9.17) is 14.2 Å². The number of rotatable bonds is 6. The fraction of sp³-hybridized carbons (Fsp3) is 0.600. The molecule has 2 aliphatic rings. The van der Waals surface area contributed by atoms with Crippen LogP contribution in [0.3, 0.4) is 0 Å². The van der Waals surface area contributed by atoms with Crippen LogP contribution >= 0.6 is 0 Å². The standard InChI is InChI=1S/C20H27NO5/c1-18(2)19(3)9-10-20(18,26-17(19)23)16(22)21-11-8-13-6-7-14(24-4)15(12-13)25-5/h6-7,12H,8-11H2,1-5H3,(H,21,22)/t19-,20-/m1/s1. The minimum Gasteiger partial charge on any atom is -0.493 e. The zero-order valence-corrected chi connectivity index (χ0v) is 16.1. The molecule has 1 aromatic carbocycles. The molecule has 26 heavy (non-hydrogen) atoms. The van der Waals surface area contributed by atoms with Crippen LogP contribution in [0.25, 0.3) is 0 Å². The van der Waals surface area contributed by atoms with E-state index in [-0.39, 0.29) is 11.9 Å². The van der Waals surface area contributed by atoms with Crippen molar-refractivity contribution in [1.82, 2.24) is 5.32 Å². The summed E-state index contributed by atoms with van der Waals surface area (Å²) in [6.07, 6.45) is 1.90. The van der Waals surface area contributed by atoms with E-state index >= 15 is 0 Å². The third-order valence-electron chi connectivity index (χ3n) is 6.60. The van der Waals surface area contributed by atoms with E-state index in [0.717, 1.165) is 5.56 Å². The Hall–Kier alpha value is -2.24. The summed E-state index contributed by atoms with van der Waals surface area (Å²) in [5, 5.41) is 2.96. The van der Waals surface area contributed by atoms with Gasteiger partial charge in [-0.15, -0.1) is 0 Å². The number of benzene rings is 1. The average molecular weight is 361 g/mol. The molecule has 1 heterocycles. The fourth-order valence-corrected chi connectivity index (χ4v) is 4.25. The van der Waals surface area contributed by atoms with E-state index in [1.54, 1.807) is 14.2 Å². The largest absolute Gasteiger partial charge is 0.493 e. The van der Waals surface area contributed by atoms with Crippen LogP contribution in [0.15, 0.2) is 18.2 Å². The third kappa shape index (κ3) is 2.38. The van der Waals surface area contributed by atoms with Gasteiger partial charge in [-0.2, -0.15) is 0 Å². The predicted molar refractivity (Wildman–Crippen MR) is 96.2 cm³/mol. The molecule has 3 rings (SSSR count). The molecule has 142 valence electrons. The van der Waals surface area contributed by atoms with Gasteiger partial charge in [0.1, 0.15) is 0 Å². The van der Waals surface area contributed by atoms with Gasteiger partial charge in [0.25, 0.3) is 5.91 Å². The second-order valence-electron chi connectivity index (χ2n) is 7.87. The van der Waals surface area contributed by atoms with E-state index in [0.29, 0.717) is 37.3 Å². The first-order valence-electron chi connectivity index (χ1n) is 8.94. The molecule has 1 aliphatic heterocycles. The summed E-state index contributed by atoms with van der Waals surface area (Å²) in [6, 6.07) is 5.69. The van der Waals surface area contributed by atoms with E-state index in [9.17, 15) is 9.59 Å². The number of fused-ring (bicyclic) bond motifs is 2. The lowest BCUT2D eigenvalue weighted by Gasteiger charge is -2.35. The molecule has 2 bridgehead atoms. The number of nitrogens with one attached hydrogen (secondary N) is 1. The van der Waals surface area contributed by atoms with Crippen LogP contribution in [-0.4, -0.2) is 38.2 Å². The lowest BCUT2D eigenvalue weighted by atomic mass is 9.66. The van der Waals surface area contributed by atoms with Gasteiger partial charge >= 0.3 is 5.97 Å². The molecule has 6 heteroatoms. The SMILES string of the molecule is COc1ccc(CCNC(=O)[C@@]23CC[C@](C)(C(=O)O2)C3(C)C)cc1OC. The zero-order valence-electron chi connectivity index (χ0n) is 16.1. The van der Waals surface area contributed by atoms with Crippen molar-refractivity contribution < 1.29 is 23.8 Å². The average Bonchev–Trinajstić information content (AvgIpc) is 2.91. The highest BCUT2D eigenvalue weighted by atomic mass is 16.6. The number of esters is 1. The number of methoxy groups -OCH3 is 2. The van der Waals surface area contributed by atoms with Gasteiger partial charge in [0.15, 0.2) is 17.1 Å². The van der Waals surface area contributed by atoms with Crippen molar-refractivity contribution in [3.63, 3.8) is 0 Å². The van der Waals surface area contributed by atoms with Crippen molar-refractivity contribution in [1.29, 1.82) is 0 Å². The molecule has 6 nitrogen and oxygen atoms in total. The molecule has 1 aromatic rings. The molecule has 2 fully saturated rings. The minimum atomic E-state index is -1.06. The van der Waals surface area contributed by atoms with Gasteiger partial charge in [0.05, 0.1) is 19.6 Å². The molecule has 1 saturated heterocycles. The first kappa shape index (κ1) is 18.5. The maximum absolute atomic E-state index is 12.9. The first-order chi connectivity index (χ1) is 12.2. The van der Waals surface area contributed by atoms with Crippen LogP contribution in [0.1, 0.15) is 39.2 Å². The Morgan fingerprint density at radius 2 is 1.85 bits per heavy atom. The second kappa shape index (κ2) is 6.18. The molecule has 0 spiro atoms. The van der Waals surface area contributed by atoms with Crippen LogP contribution in [-0.2, 0) is 20.7 Å². The topological polar surface area (TPSA) is 73.9 Å². The maximum atomic E-state index is 12.9. The van der Waals surface area contributed by atoms with Crippen molar-refractivity contribution in [3.05, 3.63) is 23.8 Å². The van der Waals surface area contributed by atoms with Crippen LogP contribution in [0.5, 0.6) is 11.5 Å². The van der Waals surface area contributed by atoms with E-state index < -0.39 is 16.4 Å². The third-order valence-corrected chi connectivity index (χ3v) is 6.60. The van der Waals surface area contributed by atoms with Crippen molar-refractivity contribution in [2.24, 2.45) is 10.8 Å². The summed E-state index contributed by atoms with van der Waals surface area (Å²) in [7, 11) is 3.19. The number of hydrogen-bond donors (Lipinski definition) is 1. The Labute approximate surface area is 154 Å². The zero-order chi connectivity index (χ0) is 19.2. The summed E-state index contributed by atoms with van der Waals surface area (Å²) in [5.74, 6) is 0.873. The van der Waals surface area contributed by atoms with Crippen LogP contribution in [0.2, 0.25) is 0 Å². The lowest BCUT2D eigenvalue weighted by molar-refractivity contribution is -0.168. The van der Waals surface area contributed by atoms with Gasteiger partial charge in [0, 0.05) is 12.0 Å². The summed E-state index contributed by atoms with van der Waals surface area (Å²) in [5.41, 5.74) is -1.14. The molecule has 0 radical (unpaired) electrons. The number of carbonyl (C=O) groups is 2. The molecule has 2 atom stereocenters. The van der Waals surface area contributed by atoms with Crippen LogP contribution in [0, 0.1) is 10.8 Å².